The summed E-state index contributed by atoms with van der Waals surface area (Å²) in [6.07, 6.45) is 2.17. The number of rotatable bonds is 8. The number of nitrogens with zero attached hydrogens (tertiary/aromatic N) is 1. The third kappa shape index (κ3) is 6.21. The van der Waals surface area contributed by atoms with Gasteiger partial charge in [0.15, 0.2) is 0 Å². The summed E-state index contributed by atoms with van der Waals surface area (Å²) in [6.45, 7) is 3.66. The van der Waals surface area contributed by atoms with E-state index < -0.39 is 0 Å². The zero-order chi connectivity index (χ0) is 19.1. The molecule has 5 nitrogen and oxygen atoms in total. The van der Waals surface area contributed by atoms with Gasteiger partial charge in [-0.3, -0.25) is 9.69 Å². The highest BCUT2D eigenvalue weighted by atomic mass is 35.5. The fraction of sp³-hybridized carbons (Fsp3) is 0.450. The van der Waals surface area contributed by atoms with Gasteiger partial charge in [-0.05, 0) is 49.7 Å². The third-order valence-electron chi connectivity index (χ3n) is 4.68. The first kappa shape index (κ1) is 20.1. The van der Waals surface area contributed by atoms with E-state index >= 15 is 0 Å². The van der Waals surface area contributed by atoms with Crippen LogP contribution in [0.1, 0.15) is 28.1 Å². The van der Waals surface area contributed by atoms with E-state index in [1.165, 1.54) is 11.3 Å². The fourth-order valence-corrected chi connectivity index (χ4v) is 4.03. The molecule has 1 N–H and O–H groups in total. The standard InChI is InChI=1S/C20H25ClN2O3S/c1-23(16-7-10-25-11-8-16)9-12-26-17-4-2-3-15(13-17)14-22-20(24)18-5-6-19(21)27-18/h2-6,13,16H,7-12,14H2,1H3,(H,22,24). The molecule has 1 fully saturated rings. The van der Waals surface area contributed by atoms with E-state index in [0.29, 0.717) is 28.4 Å². The summed E-state index contributed by atoms with van der Waals surface area (Å²) < 4.78 is 11.9. The molecule has 0 bridgehead atoms. The second-order valence-electron chi connectivity index (χ2n) is 6.61. The van der Waals surface area contributed by atoms with Gasteiger partial charge in [0, 0.05) is 32.3 Å². The maximum atomic E-state index is 12.1. The quantitative estimate of drug-likeness (QED) is 0.721. The molecule has 0 aliphatic carbocycles. The lowest BCUT2D eigenvalue weighted by Crippen LogP contribution is -2.38. The minimum atomic E-state index is -0.115. The van der Waals surface area contributed by atoms with E-state index in [1.54, 1.807) is 12.1 Å². The lowest BCUT2D eigenvalue weighted by molar-refractivity contribution is 0.0392. The topological polar surface area (TPSA) is 50.8 Å². The number of halogens is 1. The van der Waals surface area contributed by atoms with Crippen molar-refractivity contribution >= 4 is 28.8 Å². The van der Waals surface area contributed by atoms with Crippen LogP contribution in [0.15, 0.2) is 36.4 Å². The van der Waals surface area contributed by atoms with Crippen molar-refractivity contribution in [3.05, 3.63) is 51.2 Å². The van der Waals surface area contributed by atoms with Gasteiger partial charge in [0.25, 0.3) is 5.91 Å². The molecular weight excluding hydrogens is 384 g/mol. The molecule has 0 radical (unpaired) electrons. The summed E-state index contributed by atoms with van der Waals surface area (Å²) in [7, 11) is 2.14. The number of amides is 1. The van der Waals surface area contributed by atoms with Crippen molar-refractivity contribution in [3.63, 3.8) is 0 Å². The van der Waals surface area contributed by atoms with Crippen LogP contribution in [0.3, 0.4) is 0 Å². The largest absolute Gasteiger partial charge is 0.492 e. The molecular formula is C20H25ClN2O3S. The van der Waals surface area contributed by atoms with E-state index in [4.69, 9.17) is 21.1 Å². The molecule has 1 amide bonds. The minimum Gasteiger partial charge on any atom is -0.492 e. The number of thiophene rings is 1. The van der Waals surface area contributed by atoms with Gasteiger partial charge in [-0.15, -0.1) is 11.3 Å². The molecule has 1 aliphatic rings. The molecule has 1 saturated heterocycles. The van der Waals surface area contributed by atoms with Crippen LogP contribution in [0.2, 0.25) is 4.34 Å². The Balaban J connectivity index is 1.43. The van der Waals surface area contributed by atoms with E-state index in [9.17, 15) is 4.79 Å². The third-order valence-corrected chi connectivity index (χ3v) is 5.91. The predicted octanol–water partition coefficient (Wildman–Crippen LogP) is 3.82. The number of ether oxygens (including phenoxy) is 2. The molecule has 1 aromatic heterocycles. The normalized spacial score (nSPS) is 15.1. The monoisotopic (exact) mass is 408 g/mol. The van der Waals surface area contributed by atoms with E-state index in [2.05, 4.69) is 17.3 Å². The summed E-state index contributed by atoms with van der Waals surface area (Å²) in [6, 6.07) is 11.9. The van der Waals surface area contributed by atoms with Gasteiger partial charge in [0.1, 0.15) is 12.4 Å². The van der Waals surface area contributed by atoms with Crippen LogP contribution in [0.5, 0.6) is 5.75 Å². The van der Waals surface area contributed by atoms with Gasteiger partial charge in [-0.2, -0.15) is 0 Å². The van der Waals surface area contributed by atoms with Crippen molar-refractivity contribution < 1.29 is 14.3 Å². The van der Waals surface area contributed by atoms with Crippen molar-refractivity contribution in [1.82, 2.24) is 10.2 Å². The fourth-order valence-electron chi connectivity index (χ4n) is 3.07. The van der Waals surface area contributed by atoms with Crippen LogP contribution in [0.25, 0.3) is 0 Å². The van der Waals surface area contributed by atoms with Gasteiger partial charge in [-0.25, -0.2) is 0 Å². The minimum absolute atomic E-state index is 0.115. The zero-order valence-corrected chi connectivity index (χ0v) is 17.0. The number of hydrogen-bond donors (Lipinski definition) is 1. The smallest absolute Gasteiger partial charge is 0.261 e. The predicted molar refractivity (Wildman–Crippen MR) is 109 cm³/mol. The summed E-state index contributed by atoms with van der Waals surface area (Å²) >= 11 is 7.15. The van der Waals surface area contributed by atoms with Crippen LogP contribution in [-0.4, -0.2) is 50.3 Å². The van der Waals surface area contributed by atoms with Crippen LogP contribution in [-0.2, 0) is 11.3 Å². The summed E-state index contributed by atoms with van der Waals surface area (Å²) in [5, 5.41) is 2.91. The number of hydrogen-bond acceptors (Lipinski definition) is 5. The maximum absolute atomic E-state index is 12.1. The van der Waals surface area contributed by atoms with E-state index in [-0.39, 0.29) is 5.91 Å². The van der Waals surface area contributed by atoms with Gasteiger partial charge in [0.2, 0.25) is 0 Å². The highest BCUT2D eigenvalue weighted by Crippen LogP contribution is 2.21. The van der Waals surface area contributed by atoms with E-state index in [1.807, 2.05) is 24.3 Å². The van der Waals surface area contributed by atoms with Crippen molar-refractivity contribution in [2.75, 3.05) is 33.4 Å². The number of benzene rings is 1. The Bertz CT molecular complexity index is 746. The van der Waals surface area contributed by atoms with Crippen LogP contribution in [0.4, 0.5) is 0 Å². The molecule has 0 unspecified atom stereocenters. The zero-order valence-electron chi connectivity index (χ0n) is 15.4. The molecule has 0 saturated carbocycles. The van der Waals surface area contributed by atoms with E-state index in [0.717, 1.165) is 43.9 Å². The number of nitrogens with one attached hydrogen (secondary N) is 1. The molecule has 1 aliphatic heterocycles. The van der Waals surface area contributed by atoms with Crippen LogP contribution >= 0.6 is 22.9 Å². The summed E-state index contributed by atoms with van der Waals surface area (Å²) in [4.78, 5) is 15.1. The van der Waals surface area contributed by atoms with Crippen molar-refractivity contribution in [2.24, 2.45) is 0 Å². The Hall–Kier alpha value is -1.60. The average Bonchev–Trinajstić information content (AvgIpc) is 3.13. The number of carbonyl (C=O) groups is 1. The molecule has 2 aromatic rings. The Labute approximate surface area is 169 Å². The number of carbonyl (C=O) groups excluding carboxylic acids is 1. The molecule has 7 heteroatoms. The Morgan fingerprint density at radius 3 is 2.89 bits per heavy atom. The SMILES string of the molecule is CN(CCOc1cccc(CNC(=O)c2ccc(Cl)s2)c1)C1CCOCC1. The van der Waals surface area contributed by atoms with Crippen LogP contribution < -0.4 is 10.1 Å². The average molecular weight is 409 g/mol. The lowest BCUT2D eigenvalue weighted by atomic mass is 10.1. The van der Waals surface area contributed by atoms with Gasteiger partial charge in [0.05, 0.1) is 9.21 Å². The van der Waals surface area contributed by atoms with Crippen molar-refractivity contribution in [1.29, 1.82) is 0 Å². The molecule has 0 spiro atoms. The molecule has 0 atom stereocenters. The summed E-state index contributed by atoms with van der Waals surface area (Å²) in [5.74, 6) is 0.706. The molecule has 146 valence electrons. The molecule has 1 aromatic carbocycles. The van der Waals surface area contributed by atoms with Crippen LogP contribution in [0, 0.1) is 0 Å². The first-order chi connectivity index (χ1) is 13.1. The van der Waals surface area contributed by atoms with Gasteiger partial charge in [-0.1, -0.05) is 23.7 Å². The maximum Gasteiger partial charge on any atom is 0.261 e. The van der Waals surface area contributed by atoms with Crippen molar-refractivity contribution in [2.45, 2.75) is 25.4 Å². The first-order valence-electron chi connectivity index (χ1n) is 9.15. The molecule has 3 rings (SSSR count). The highest BCUT2D eigenvalue weighted by Gasteiger charge is 2.18. The molecule has 2 heterocycles. The van der Waals surface area contributed by atoms with Gasteiger partial charge < -0.3 is 14.8 Å². The first-order valence-corrected chi connectivity index (χ1v) is 10.3. The second-order valence-corrected chi connectivity index (χ2v) is 8.32. The number of likely N-dealkylation sites (N-methyl/N-ethyl adjacent to an activating group) is 1. The highest BCUT2D eigenvalue weighted by molar-refractivity contribution is 7.17. The molecule has 27 heavy (non-hydrogen) atoms. The Morgan fingerprint density at radius 2 is 2.15 bits per heavy atom. The second kappa shape index (κ2) is 10.1. The Kier molecular flexibility index (Phi) is 7.52. The van der Waals surface area contributed by atoms with Gasteiger partial charge >= 0.3 is 0 Å². The Morgan fingerprint density at radius 1 is 1.33 bits per heavy atom. The summed E-state index contributed by atoms with van der Waals surface area (Å²) in [5.41, 5.74) is 1.00. The van der Waals surface area contributed by atoms with Crippen molar-refractivity contribution in [3.8, 4) is 5.75 Å². The lowest BCUT2D eigenvalue weighted by Gasteiger charge is -2.31.